The molecule has 0 amide bonds. The Balaban J connectivity index is 4.05. The van der Waals surface area contributed by atoms with Crippen LogP contribution in [0.1, 0.15) is 20.3 Å². The highest BCUT2D eigenvalue weighted by atomic mass is 16.4. The Hall–Kier alpha value is -0.790. The Morgan fingerprint density at radius 1 is 1.80 bits per heavy atom. The van der Waals surface area contributed by atoms with E-state index in [0.717, 1.165) is 0 Å². The summed E-state index contributed by atoms with van der Waals surface area (Å²) in [5.41, 5.74) is 0. The van der Waals surface area contributed by atoms with Gasteiger partial charge < -0.3 is 5.11 Å². The van der Waals surface area contributed by atoms with E-state index < -0.39 is 5.97 Å². The van der Waals surface area contributed by atoms with Gasteiger partial charge in [-0.1, -0.05) is 19.9 Å². The van der Waals surface area contributed by atoms with Crippen molar-refractivity contribution in [2.45, 2.75) is 20.3 Å². The van der Waals surface area contributed by atoms with Crippen molar-refractivity contribution in [2.75, 3.05) is 0 Å². The first-order valence-corrected chi connectivity index (χ1v) is 3.48. The summed E-state index contributed by atoms with van der Waals surface area (Å²) in [4.78, 5) is 10.5. The van der Waals surface area contributed by atoms with Crippen LogP contribution in [0.2, 0.25) is 0 Å². The van der Waals surface area contributed by atoms with Gasteiger partial charge in [0.1, 0.15) is 0 Å². The molecule has 0 radical (unpaired) electrons. The fourth-order valence-corrected chi connectivity index (χ4v) is 0.936. The number of hydrogen-bond acceptors (Lipinski definition) is 1. The maximum Gasteiger partial charge on any atom is 0.307 e. The number of aliphatic carboxylic acids is 1. The highest BCUT2D eigenvalue weighted by molar-refractivity contribution is 5.70. The van der Waals surface area contributed by atoms with Crippen molar-refractivity contribution in [2.24, 2.45) is 11.8 Å². The van der Waals surface area contributed by atoms with Crippen molar-refractivity contribution in [3.05, 3.63) is 12.7 Å². The molecule has 0 aliphatic carbocycles. The summed E-state index contributed by atoms with van der Waals surface area (Å²) >= 11 is 0. The summed E-state index contributed by atoms with van der Waals surface area (Å²) in [7, 11) is 0. The van der Waals surface area contributed by atoms with E-state index >= 15 is 0 Å². The van der Waals surface area contributed by atoms with E-state index in [0.29, 0.717) is 6.42 Å². The van der Waals surface area contributed by atoms with Crippen molar-refractivity contribution in [3.63, 3.8) is 0 Å². The molecule has 2 unspecified atom stereocenters. The molecule has 0 rings (SSSR count). The van der Waals surface area contributed by atoms with Crippen LogP contribution in [-0.4, -0.2) is 11.1 Å². The van der Waals surface area contributed by atoms with Crippen molar-refractivity contribution in [1.29, 1.82) is 0 Å². The minimum absolute atomic E-state index is 0.0718. The number of carbonyl (C=O) groups is 1. The summed E-state index contributed by atoms with van der Waals surface area (Å²) in [6, 6.07) is 0. The Labute approximate surface area is 61.6 Å². The van der Waals surface area contributed by atoms with E-state index in [9.17, 15) is 4.79 Å². The van der Waals surface area contributed by atoms with E-state index in [4.69, 9.17) is 5.11 Å². The van der Waals surface area contributed by atoms with Gasteiger partial charge in [0.25, 0.3) is 0 Å². The van der Waals surface area contributed by atoms with Crippen LogP contribution >= 0.6 is 0 Å². The molecule has 1 N–H and O–H groups in total. The molecule has 0 heterocycles. The molecule has 0 aromatic carbocycles. The third kappa shape index (κ3) is 2.21. The SMILES string of the molecule is C=CC(C)C(CC)C(=O)O. The summed E-state index contributed by atoms with van der Waals surface area (Å²) < 4.78 is 0. The Bertz CT molecular complexity index is 129. The zero-order valence-corrected chi connectivity index (χ0v) is 6.50. The molecule has 0 spiro atoms. The summed E-state index contributed by atoms with van der Waals surface area (Å²) in [5.74, 6) is -0.921. The Kier molecular flexibility index (Phi) is 3.77. The van der Waals surface area contributed by atoms with E-state index in [1.807, 2.05) is 13.8 Å². The third-order valence-electron chi connectivity index (χ3n) is 1.76. The van der Waals surface area contributed by atoms with Gasteiger partial charge in [-0.15, -0.1) is 6.58 Å². The van der Waals surface area contributed by atoms with E-state index in [2.05, 4.69) is 6.58 Å². The predicted octanol–water partition coefficient (Wildman–Crippen LogP) is 1.92. The lowest BCUT2D eigenvalue weighted by Crippen LogP contribution is -2.18. The molecule has 0 aliphatic heterocycles. The number of carboxylic acids is 1. The molecule has 2 atom stereocenters. The largest absolute Gasteiger partial charge is 0.481 e. The maximum atomic E-state index is 10.5. The second-order valence-electron chi connectivity index (χ2n) is 2.45. The number of hydrogen-bond donors (Lipinski definition) is 1. The van der Waals surface area contributed by atoms with E-state index in [1.54, 1.807) is 6.08 Å². The lowest BCUT2D eigenvalue weighted by Gasteiger charge is -2.13. The minimum Gasteiger partial charge on any atom is -0.481 e. The molecule has 0 fully saturated rings. The topological polar surface area (TPSA) is 37.3 Å². The highest BCUT2D eigenvalue weighted by Crippen LogP contribution is 2.15. The van der Waals surface area contributed by atoms with Gasteiger partial charge >= 0.3 is 5.97 Å². The van der Waals surface area contributed by atoms with Crippen LogP contribution in [0.3, 0.4) is 0 Å². The predicted molar refractivity (Wildman–Crippen MR) is 40.8 cm³/mol. The third-order valence-corrected chi connectivity index (χ3v) is 1.76. The van der Waals surface area contributed by atoms with Gasteiger partial charge in [0.2, 0.25) is 0 Å². The van der Waals surface area contributed by atoms with Crippen molar-refractivity contribution in [3.8, 4) is 0 Å². The van der Waals surface area contributed by atoms with Gasteiger partial charge in [-0.2, -0.15) is 0 Å². The van der Waals surface area contributed by atoms with Gasteiger partial charge in [0.15, 0.2) is 0 Å². The Morgan fingerprint density at radius 3 is 2.40 bits per heavy atom. The zero-order valence-electron chi connectivity index (χ0n) is 6.50. The molecule has 0 aromatic rings. The summed E-state index contributed by atoms with van der Waals surface area (Å²) in [6.07, 6.45) is 2.35. The molecule has 0 saturated carbocycles. The lowest BCUT2D eigenvalue weighted by atomic mass is 9.92. The number of allylic oxidation sites excluding steroid dienone is 1. The number of carboxylic acid groups (broad SMARTS) is 1. The minimum atomic E-state index is -0.727. The van der Waals surface area contributed by atoms with Crippen molar-refractivity contribution < 1.29 is 9.90 Å². The fraction of sp³-hybridized carbons (Fsp3) is 0.625. The zero-order chi connectivity index (χ0) is 8.15. The van der Waals surface area contributed by atoms with Crippen LogP contribution in [0.15, 0.2) is 12.7 Å². The molecule has 0 bridgehead atoms. The van der Waals surface area contributed by atoms with Gasteiger partial charge in [0.05, 0.1) is 5.92 Å². The first kappa shape index (κ1) is 9.21. The second kappa shape index (κ2) is 4.09. The van der Waals surface area contributed by atoms with Crippen LogP contribution in [0.25, 0.3) is 0 Å². The van der Waals surface area contributed by atoms with Crippen LogP contribution in [0.4, 0.5) is 0 Å². The van der Waals surface area contributed by atoms with Crippen LogP contribution in [-0.2, 0) is 4.79 Å². The maximum absolute atomic E-state index is 10.5. The molecule has 2 heteroatoms. The van der Waals surface area contributed by atoms with Crippen LogP contribution in [0.5, 0.6) is 0 Å². The first-order valence-electron chi connectivity index (χ1n) is 3.48. The molecule has 2 nitrogen and oxygen atoms in total. The molecule has 0 aromatic heterocycles. The summed E-state index contributed by atoms with van der Waals surface area (Å²) in [6.45, 7) is 7.29. The van der Waals surface area contributed by atoms with Gasteiger partial charge in [-0.3, -0.25) is 4.79 Å². The van der Waals surface area contributed by atoms with Crippen LogP contribution in [0, 0.1) is 11.8 Å². The van der Waals surface area contributed by atoms with Gasteiger partial charge in [-0.05, 0) is 12.3 Å². The quantitative estimate of drug-likeness (QED) is 0.609. The average Bonchev–Trinajstić information content (AvgIpc) is 1.88. The smallest absolute Gasteiger partial charge is 0.307 e. The van der Waals surface area contributed by atoms with E-state index in [1.165, 1.54) is 0 Å². The average molecular weight is 142 g/mol. The first-order chi connectivity index (χ1) is 4.63. The number of rotatable bonds is 4. The summed E-state index contributed by atoms with van der Waals surface area (Å²) in [5, 5.41) is 8.63. The Morgan fingerprint density at radius 2 is 2.30 bits per heavy atom. The normalized spacial score (nSPS) is 15.8. The van der Waals surface area contributed by atoms with Gasteiger partial charge in [0, 0.05) is 0 Å². The van der Waals surface area contributed by atoms with Crippen molar-refractivity contribution >= 4 is 5.97 Å². The van der Waals surface area contributed by atoms with Crippen molar-refractivity contribution in [1.82, 2.24) is 0 Å². The molecular formula is C8H14O2. The van der Waals surface area contributed by atoms with E-state index in [-0.39, 0.29) is 11.8 Å². The fourth-order valence-electron chi connectivity index (χ4n) is 0.936. The van der Waals surface area contributed by atoms with Gasteiger partial charge in [-0.25, -0.2) is 0 Å². The lowest BCUT2D eigenvalue weighted by molar-refractivity contribution is -0.142. The molecular weight excluding hydrogens is 128 g/mol. The molecule has 58 valence electrons. The second-order valence-corrected chi connectivity index (χ2v) is 2.45. The molecule has 0 aliphatic rings. The monoisotopic (exact) mass is 142 g/mol. The standard InChI is InChI=1S/C8H14O2/c1-4-6(3)7(5-2)8(9)10/h4,6-7H,1,5H2,2-3H3,(H,9,10). The molecule has 10 heavy (non-hydrogen) atoms. The molecule has 0 saturated heterocycles. The van der Waals surface area contributed by atoms with Crippen LogP contribution < -0.4 is 0 Å². The highest BCUT2D eigenvalue weighted by Gasteiger charge is 2.19.